The summed E-state index contributed by atoms with van der Waals surface area (Å²) in [6, 6.07) is 5.08. The smallest absolute Gasteiger partial charge is 0.254 e. The quantitative estimate of drug-likeness (QED) is 0.265. The first-order valence-corrected chi connectivity index (χ1v) is 9.41. The normalized spacial score (nSPS) is 13.0. The summed E-state index contributed by atoms with van der Waals surface area (Å²) in [4.78, 5) is 11.0. The number of benzene rings is 1. The lowest BCUT2D eigenvalue weighted by atomic mass is 10.1. The van der Waals surface area contributed by atoms with Crippen LogP contribution in [0.5, 0.6) is 0 Å². The van der Waals surface area contributed by atoms with E-state index in [1.54, 1.807) is 0 Å². The number of alkyl halides is 9. The maximum absolute atomic E-state index is 13.8. The molecule has 0 bridgehead atoms. The summed E-state index contributed by atoms with van der Waals surface area (Å²) < 4.78 is 119. The minimum atomic E-state index is -5.13. The number of imidazole rings is 1. The average Bonchev–Trinajstić information content (AvgIpc) is 3.12. The maximum Gasteiger partial charge on any atom is 0.490 e. The number of rotatable bonds is 2. The van der Waals surface area contributed by atoms with E-state index in [0.29, 0.717) is 18.3 Å². The summed E-state index contributed by atoms with van der Waals surface area (Å²) in [5.41, 5.74) is -4.70. The average molecular weight is 511 g/mol. The Morgan fingerprint density at radius 1 is 0.794 bits per heavy atom. The highest BCUT2D eigenvalue weighted by atomic mass is 35.5. The van der Waals surface area contributed by atoms with E-state index in [9.17, 15) is 39.5 Å². The molecule has 0 aliphatic carbocycles. The lowest BCUT2D eigenvalue weighted by molar-refractivity contribution is -0.199. The molecule has 0 saturated heterocycles. The van der Waals surface area contributed by atoms with Crippen molar-refractivity contribution in [3.8, 4) is 22.8 Å². The first-order chi connectivity index (χ1) is 15.7. The minimum Gasteiger partial charge on any atom is -0.254 e. The number of halogens is 10. The van der Waals surface area contributed by atoms with E-state index >= 15 is 0 Å². The molecule has 0 N–H and O–H groups in total. The van der Waals surface area contributed by atoms with Crippen LogP contribution in [0.15, 0.2) is 48.8 Å². The standard InChI is InChI=1S/C20H8ClF9N4/c21-12-6-10(18(22,23)24)8-32-15(12)9-4-5-13(31-7-9)17-33-16-11(19(25,26)27)2-1-3-14(16)34(17)20(28,29)30/h1-8H. The molecule has 0 atom stereocenters. The maximum atomic E-state index is 13.8. The Bertz CT molecular complexity index is 1370. The van der Waals surface area contributed by atoms with E-state index < -0.39 is 52.3 Å². The summed E-state index contributed by atoms with van der Waals surface area (Å²) in [5, 5.41) is -0.387. The van der Waals surface area contributed by atoms with E-state index in [1.165, 1.54) is 0 Å². The third-order valence-electron chi connectivity index (χ3n) is 4.68. The molecular formula is C20H8ClF9N4. The molecule has 1 aromatic carbocycles. The van der Waals surface area contributed by atoms with Crippen molar-refractivity contribution in [2.45, 2.75) is 18.7 Å². The Labute approximate surface area is 188 Å². The number of aromatic nitrogens is 4. The summed E-state index contributed by atoms with van der Waals surface area (Å²) in [7, 11) is 0. The lowest BCUT2D eigenvalue weighted by Gasteiger charge is -2.13. The van der Waals surface area contributed by atoms with Crippen molar-refractivity contribution in [1.29, 1.82) is 0 Å². The van der Waals surface area contributed by atoms with E-state index in [2.05, 4.69) is 15.0 Å². The minimum absolute atomic E-state index is 0.0631. The Hall–Kier alpha value is -3.35. The molecular weight excluding hydrogens is 503 g/mol. The van der Waals surface area contributed by atoms with Gasteiger partial charge in [-0.25, -0.2) is 9.55 Å². The fourth-order valence-corrected chi connectivity index (χ4v) is 3.50. The van der Waals surface area contributed by atoms with Crippen LogP contribution in [0.25, 0.3) is 33.8 Å². The second-order valence-corrected chi connectivity index (χ2v) is 7.30. The lowest BCUT2D eigenvalue weighted by Crippen LogP contribution is -2.18. The van der Waals surface area contributed by atoms with Crippen molar-refractivity contribution in [2.24, 2.45) is 0 Å². The molecule has 0 unspecified atom stereocenters. The molecule has 0 amide bonds. The van der Waals surface area contributed by atoms with Crippen LogP contribution < -0.4 is 0 Å². The van der Waals surface area contributed by atoms with Crippen molar-refractivity contribution in [3.05, 3.63) is 64.9 Å². The Kier molecular flexibility index (Phi) is 5.50. The van der Waals surface area contributed by atoms with Gasteiger partial charge in [0.1, 0.15) is 11.2 Å². The highest BCUT2D eigenvalue weighted by molar-refractivity contribution is 6.33. The van der Waals surface area contributed by atoms with Gasteiger partial charge in [0.2, 0.25) is 0 Å². The van der Waals surface area contributed by atoms with Crippen LogP contribution in [0.1, 0.15) is 11.1 Å². The van der Waals surface area contributed by atoms with Gasteiger partial charge in [-0.15, -0.1) is 13.2 Å². The molecule has 0 spiro atoms. The zero-order chi connectivity index (χ0) is 25.1. The molecule has 3 heterocycles. The zero-order valence-electron chi connectivity index (χ0n) is 16.2. The van der Waals surface area contributed by atoms with Crippen LogP contribution in [0.2, 0.25) is 5.02 Å². The highest BCUT2D eigenvalue weighted by Gasteiger charge is 2.40. The van der Waals surface area contributed by atoms with Gasteiger partial charge in [0.05, 0.1) is 27.4 Å². The Balaban J connectivity index is 1.83. The van der Waals surface area contributed by atoms with Crippen LogP contribution in [0.3, 0.4) is 0 Å². The molecule has 0 saturated carbocycles. The summed E-state index contributed by atoms with van der Waals surface area (Å²) in [5.74, 6) is -0.905. The topological polar surface area (TPSA) is 43.6 Å². The number of hydrogen-bond donors (Lipinski definition) is 0. The second kappa shape index (κ2) is 7.86. The van der Waals surface area contributed by atoms with Crippen molar-refractivity contribution in [1.82, 2.24) is 19.5 Å². The van der Waals surface area contributed by atoms with E-state index in [4.69, 9.17) is 11.6 Å². The molecule has 3 aromatic heterocycles. The summed E-state index contributed by atoms with van der Waals surface area (Å²) >= 11 is 5.86. The van der Waals surface area contributed by atoms with Crippen LogP contribution in [-0.4, -0.2) is 19.5 Å². The molecule has 4 rings (SSSR count). The monoisotopic (exact) mass is 510 g/mol. The molecule has 0 aliphatic heterocycles. The number of fused-ring (bicyclic) bond motifs is 1. The van der Waals surface area contributed by atoms with Crippen LogP contribution in [-0.2, 0) is 18.7 Å². The second-order valence-electron chi connectivity index (χ2n) is 6.89. The largest absolute Gasteiger partial charge is 0.490 e. The van der Waals surface area contributed by atoms with Crippen molar-refractivity contribution >= 4 is 22.6 Å². The molecule has 4 nitrogen and oxygen atoms in total. The predicted octanol–water partition coefficient (Wildman–Crippen LogP) is 7.33. The number of para-hydroxylation sites is 1. The molecule has 0 radical (unpaired) electrons. The van der Waals surface area contributed by atoms with Crippen molar-refractivity contribution in [2.75, 3.05) is 0 Å². The van der Waals surface area contributed by atoms with Gasteiger partial charge in [-0.2, -0.15) is 26.3 Å². The SMILES string of the molecule is FC(F)(F)c1cnc(-c2ccc(-c3nc4c(C(F)(F)F)cccc4n3C(F)(F)F)nc2)c(Cl)c1. The molecule has 0 fully saturated rings. The van der Waals surface area contributed by atoms with Gasteiger partial charge < -0.3 is 0 Å². The highest BCUT2D eigenvalue weighted by Crippen LogP contribution is 2.40. The van der Waals surface area contributed by atoms with Gasteiger partial charge in [0.25, 0.3) is 0 Å². The first kappa shape index (κ1) is 23.8. The number of hydrogen-bond acceptors (Lipinski definition) is 3. The Morgan fingerprint density at radius 3 is 2.03 bits per heavy atom. The van der Waals surface area contributed by atoms with Gasteiger partial charge >= 0.3 is 18.7 Å². The Morgan fingerprint density at radius 2 is 1.50 bits per heavy atom. The summed E-state index contributed by atoms with van der Waals surface area (Å²) in [6.45, 7) is 0. The van der Waals surface area contributed by atoms with Crippen LogP contribution >= 0.6 is 11.6 Å². The fraction of sp³-hybridized carbons (Fsp3) is 0.150. The van der Waals surface area contributed by atoms with E-state index in [1.807, 2.05) is 0 Å². The fourth-order valence-electron chi connectivity index (χ4n) is 3.23. The van der Waals surface area contributed by atoms with Gasteiger partial charge in [0.15, 0.2) is 5.82 Å². The molecule has 34 heavy (non-hydrogen) atoms. The molecule has 178 valence electrons. The van der Waals surface area contributed by atoms with E-state index in [-0.39, 0.29) is 20.8 Å². The van der Waals surface area contributed by atoms with Crippen molar-refractivity contribution in [3.63, 3.8) is 0 Å². The van der Waals surface area contributed by atoms with Gasteiger partial charge in [-0.3, -0.25) is 9.97 Å². The number of pyridine rings is 2. The molecule has 14 heteroatoms. The van der Waals surface area contributed by atoms with Gasteiger partial charge in [-0.1, -0.05) is 17.7 Å². The zero-order valence-corrected chi connectivity index (χ0v) is 16.9. The predicted molar refractivity (Wildman–Crippen MR) is 103 cm³/mol. The van der Waals surface area contributed by atoms with Crippen LogP contribution in [0, 0.1) is 0 Å². The third-order valence-corrected chi connectivity index (χ3v) is 4.97. The number of nitrogens with zero attached hydrogens (tertiary/aromatic N) is 4. The van der Waals surface area contributed by atoms with Gasteiger partial charge in [-0.05, 0) is 30.3 Å². The third kappa shape index (κ3) is 4.27. The van der Waals surface area contributed by atoms with E-state index in [0.717, 1.165) is 30.5 Å². The van der Waals surface area contributed by atoms with Crippen LogP contribution in [0.4, 0.5) is 39.5 Å². The van der Waals surface area contributed by atoms with Crippen molar-refractivity contribution < 1.29 is 39.5 Å². The summed E-state index contributed by atoms with van der Waals surface area (Å²) in [6.07, 6.45) is -13.3. The molecule has 4 aromatic rings. The van der Waals surface area contributed by atoms with Gasteiger partial charge in [0, 0.05) is 18.0 Å². The first-order valence-electron chi connectivity index (χ1n) is 9.03. The molecule has 0 aliphatic rings.